The van der Waals surface area contributed by atoms with Crippen LogP contribution in [-0.2, 0) is 12.0 Å². The molecule has 1 heterocycles. The molecule has 0 saturated heterocycles. The van der Waals surface area contributed by atoms with Gasteiger partial charge in [0, 0.05) is 24.6 Å². The molecule has 4 rings (SSSR count). The second-order valence-corrected chi connectivity index (χ2v) is 7.58. The number of guanidine groups is 1. The van der Waals surface area contributed by atoms with Crippen LogP contribution >= 0.6 is 0 Å². The molecule has 1 aliphatic rings. The maximum absolute atomic E-state index is 13.6. The summed E-state index contributed by atoms with van der Waals surface area (Å²) >= 11 is 0. The molecule has 6 heteroatoms. The van der Waals surface area contributed by atoms with Gasteiger partial charge in [-0.15, -0.1) is 0 Å². The van der Waals surface area contributed by atoms with Gasteiger partial charge in [0.05, 0.1) is 12.2 Å². The van der Waals surface area contributed by atoms with E-state index in [1.54, 1.807) is 25.4 Å². The van der Waals surface area contributed by atoms with E-state index in [0.29, 0.717) is 24.9 Å². The molecule has 3 aromatic rings. The number of rotatable bonds is 6. The van der Waals surface area contributed by atoms with Crippen molar-refractivity contribution in [3.05, 3.63) is 77.4 Å². The lowest BCUT2D eigenvalue weighted by Crippen LogP contribution is -2.41. The van der Waals surface area contributed by atoms with Crippen molar-refractivity contribution in [2.75, 3.05) is 13.6 Å². The van der Waals surface area contributed by atoms with Crippen molar-refractivity contribution in [1.82, 2.24) is 15.6 Å². The van der Waals surface area contributed by atoms with E-state index in [2.05, 4.69) is 20.6 Å². The van der Waals surface area contributed by atoms with Crippen molar-refractivity contribution in [2.45, 2.75) is 31.7 Å². The normalized spacial score (nSPS) is 15.2. The summed E-state index contributed by atoms with van der Waals surface area (Å²) in [7, 11) is 1.73. The number of hydrogen-bond donors (Lipinski definition) is 2. The summed E-state index contributed by atoms with van der Waals surface area (Å²) < 4.78 is 19.2. The van der Waals surface area contributed by atoms with Crippen LogP contribution in [0, 0.1) is 12.7 Å². The topological polar surface area (TPSA) is 62.5 Å². The summed E-state index contributed by atoms with van der Waals surface area (Å²) in [5.74, 6) is 1.10. The molecule has 0 aliphatic heterocycles. The van der Waals surface area contributed by atoms with E-state index in [4.69, 9.17) is 4.42 Å². The molecule has 29 heavy (non-hydrogen) atoms. The van der Waals surface area contributed by atoms with Crippen molar-refractivity contribution in [3.63, 3.8) is 0 Å². The first kappa shape index (κ1) is 19.2. The monoisotopic (exact) mass is 392 g/mol. The Hall–Kier alpha value is -3.15. The fourth-order valence-corrected chi connectivity index (χ4v) is 3.40. The van der Waals surface area contributed by atoms with E-state index < -0.39 is 0 Å². The highest BCUT2D eigenvalue weighted by molar-refractivity contribution is 5.79. The fourth-order valence-electron chi connectivity index (χ4n) is 3.40. The van der Waals surface area contributed by atoms with Gasteiger partial charge in [-0.25, -0.2) is 9.37 Å². The van der Waals surface area contributed by atoms with Gasteiger partial charge in [-0.1, -0.05) is 29.8 Å². The molecule has 1 aliphatic carbocycles. The molecule has 1 aromatic heterocycles. The zero-order chi connectivity index (χ0) is 20.3. The third kappa shape index (κ3) is 4.47. The van der Waals surface area contributed by atoms with Gasteiger partial charge in [-0.2, -0.15) is 0 Å². The van der Waals surface area contributed by atoms with Crippen molar-refractivity contribution in [3.8, 4) is 11.5 Å². The zero-order valence-electron chi connectivity index (χ0n) is 16.7. The molecular weight excluding hydrogens is 367 g/mol. The number of aryl methyl sites for hydroxylation is 1. The molecule has 0 spiro atoms. The van der Waals surface area contributed by atoms with Crippen LogP contribution in [0.15, 0.2) is 64.2 Å². The summed E-state index contributed by atoms with van der Waals surface area (Å²) in [5, 5.41) is 6.63. The standard InChI is InChI=1S/C23H25FN4O/c1-16-6-8-17(9-7-16)21-28-20(14-29-21)13-26-22(25-2)27-15-23(10-11-23)18-4-3-5-19(24)12-18/h3-9,12,14H,10-11,13,15H2,1-2H3,(H2,25,26,27). The van der Waals surface area contributed by atoms with E-state index in [-0.39, 0.29) is 11.2 Å². The number of halogens is 1. The maximum Gasteiger partial charge on any atom is 0.226 e. The highest BCUT2D eigenvalue weighted by Crippen LogP contribution is 2.47. The fraction of sp³-hybridized carbons (Fsp3) is 0.304. The largest absolute Gasteiger partial charge is 0.444 e. The van der Waals surface area contributed by atoms with Gasteiger partial charge in [-0.05, 0) is 49.6 Å². The summed E-state index contributed by atoms with van der Waals surface area (Å²) in [5.41, 5.74) is 3.99. The Labute approximate surface area is 170 Å². The number of hydrogen-bond acceptors (Lipinski definition) is 3. The predicted octanol–water partition coefficient (Wildman–Crippen LogP) is 4.19. The van der Waals surface area contributed by atoms with Crippen LogP contribution in [0.25, 0.3) is 11.5 Å². The Morgan fingerprint density at radius 1 is 1.17 bits per heavy atom. The maximum atomic E-state index is 13.6. The van der Waals surface area contributed by atoms with Gasteiger partial charge >= 0.3 is 0 Å². The molecule has 0 atom stereocenters. The van der Waals surface area contributed by atoms with E-state index in [0.717, 1.165) is 29.7 Å². The van der Waals surface area contributed by atoms with Gasteiger partial charge in [0.25, 0.3) is 0 Å². The van der Waals surface area contributed by atoms with E-state index in [1.807, 2.05) is 37.3 Å². The SMILES string of the molecule is CN=C(NCc1coc(-c2ccc(C)cc2)n1)NCC1(c2cccc(F)c2)CC1. The van der Waals surface area contributed by atoms with E-state index >= 15 is 0 Å². The second kappa shape index (κ2) is 8.07. The smallest absolute Gasteiger partial charge is 0.226 e. The Morgan fingerprint density at radius 2 is 1.97 bits per heavy atom. The Bertz CT molecular complexity index is 1010. The molecule has 0 bridgehead atoms. The molecular formula is C23H25FN4O. The van der Waals surface area contributed by atoms with E-state index in [1.165, 1.54) is 11.6 Å². The molecule has 0 radical (unpaired) electrons. The van der Waals surface area contributed by atoms with Crippen molar-refractivity contribution >= 4 is 5.96 Å². The molecule has 0 unspecified atom stereocenters. The lowest BCUT2D eigenvalue weighted by molar-refractivity contribution is 0.572. The zero-order valence-corrected chi connectivity index (χ0v) is 16.7. The minimum atomic E-state index is -0.188. The molecule has 150 valence electrons. The number of nitrogens with zero attached hydrogens (tertiary/aromatic N) is 2. The number of aromatic nitrogens is 1. The first-order valence-corrected chi connectivity index (χ1v) is 9.80. The van der Waals surface area contributed by atoms with Crippen LogP contribution in [0.3, 0.4) is 0 Å². The third-order valence-corrected chi connectivity index (χ3v) is 5.40. The Morgan fingerprint density at radius 3 is 2.66 bits per heavy atom. The molecule has 2 N–H and O–H groups in total. The summed E-state index contributed by atoms with van der Waals surface area (Å²) in [4.78, 5) is 8.82. The quantitative estimate of drug-likeness (QED) is 0.488. The molecule has 1 fully saturated rings. The van der Waals surface area contributed by atoms with Gasteiger partial charge in [0.1, 0.15) is 12.1 Å². The number of nitrogens with one attached hydrogen (secondary N) is 2. The van der Waals surface area contributed by atoms with Crippen molar-refractivity contribution in [1.29, 1.82) is 0 Å². The average Bonchev–Trinajstić information content (AvgIpc) is 3.38. The number of oxazole rings is 1. The van der Waals surface area contributed by atoms with Crippen LogP contribution in [0.4, 0.5) is 4.39 Å². The van der Waals surface area contributed by atoms with Gasteiger partial charge < -0.3 is 15.1 Å². The third-order valence-electron chi connectivity index (χ3n) is 5.40. The van der Waals surface area contributed by atoms with Crippen molar-refractivity contribution in [2.24, 2.45) is 4.99 Å². The molecule has 1 saturated carbocycles. The first-order chi connectivity index (χ1) is 14.1. The summed E-state index contributed by atoms with van der Waals surface area (Å²) in [6, 6.07) is 15.0. The average molecular weight is 392 g/mol. The predicted molar refractivity (Wildman–Crippen MR) is 112 cm³/mol. The number of benzene rings is 2. The van der Waals surface area contributed by atoms with Gasteiger partial charge in [0.15, 0.2) is 5.96 Å². The molecule has 5 nitrogen and oxygen atoms in total. The minimum Gasteiger partial charge on any atom is -0.444 e. The summed E-state index contributed by atoms with van der Waals surface area (Å²) in [6.45, 7) is 3.26. The van der Waals surface area contributed by atoms with E-state index in [9.17, 15) is 4.39 Å². The van der Waals surface area contributed by atoms with Gasteiger partial charge in [-0.3, -0.25) is 4.99 Å². The highest BCUT2D eigenvalue weighted by Gasteiger charge is 2.44. The first-order valence-electron chi connectivity index (χ1n) is 9.80. The highest BCUT2D eigenvalue weighted by atomic mass is 19.1. The molecule has 2 aromatic carbocycles. The lowest BCUT2D eigenvalue weighted by atomic mass is 9.96. The molecule has 0 amide bonds. The van der Waals surface area contributed by atoms with Crippen LogP contribution < -0.4 is 10.6 Å². The van der Waals surface area contributed by atoms with Crippen molar-refractivity contribution < 1.29 is 8.81 Å². The lowest BCUT2D eigenvalue weighted by Gasteiger charge is -2.19. The second-order valence-electron chi connectivity index (χ2n) is 7.58. The van der Waals surface area contributed by atoms with Crippen LogP contribution in [0.5, 0.6) is 0 Å². The van der Waals surface area contributed by atoms with Crippen LogP contribution in [-0.4, -0.2) is 24.5 Å². The number of aliphatic imine (C=N–C) groups is 1. The minimum absolute atomic E-state index is 0.00772. The summed E-state index contributed by atoms with van der Waals surface area (Å²) in [6.07, 6.45) is 3.75. The van der Waals surface area contributed by atoms with Crippen LogP contribution in [0.2, 0.25) is 0 Å². The van der Waals surface area contributed by atoms with Gasteiger partial charge in [0.2, 0.25) is 5.89 Å². The Balaban J connectivity index is 1.33. The van der Waals surface area contributed by atoms with Crippen LogP contribution in [0.1, 0.15) is 29.7 Å². The Kier molecular flexibility index (Phi) is 5.34.